The van der Waals surface area contributed by atoms with Crippen LogP contribution in [0, 0.1) is 11.7 Å². The molecular formula is C15H21FN2O5S2. The molecule has 0 radical (unpaired) electrons. The number of sulfone groups is 1. The number of halogens is 1. The fourth-order valence-electron chi connectivity index (χ4n) is 2.59. The van der Waals surface area contributed by atoms with Crippen LogP contribution in [-0.4, -0.2) is 46.3 Å². The van der Waals surface area contributed by atoms with Crippen molar-refractivity contribution in [3.63, 3.8) is 0 Å². The van der Waals surface area contributed by atoms with E-state index in [-0.39, 0.29) is 11.5 Å². The van der Waals surface area contributed by atoms with Gasteiger partial charge >= 0.3 is 0 Å². The lowest BCUT2D eigenvalue weighted by atomic mass is 10.0. The Balaban J connectivity index is 2.15. The van der Waals surface area contributed by atoms with E-state index in [2.05, 4.69) is 10.0 Å². The van der Waals surface area contributed by atoms with Crippen molar-refractivity contribution < 1.29 is 26.0 Å². The van der Waals surface area contributed by atoms with Crippen molar-refractivity contribution in [2.75, 3.05) is 11.5 Å². The molecule has 7 nitrogen and oxygen atoms in total. The minimum absolute atomic E-state index is 0.00868. The first-order chi connectivity index (χ1) is 11.5. The number of sulfonamides is 1. The molecule has 140 valence electrons. The molecule has 1 aliphatic heterocycles. The number of hydrogen-bond acceptors (Lipinski definition) is 5. The molecule has 1 amide bonds. The molecule has 1 fully saturated rings. The zero-order valence-electron chi connectivity index (χ0n) is 13.9. The highest BCUT2D eigenvalue weighted by molar-refractivity contribution is 7.91. The Morgan fingerprint density at radius 1 is 1.28 bits per heavy atom. The smallest absolute Gasteiger partial charge is 0.244 e. The van der Waals surface area contributed by atoms with E-state index in [1.807, 2.05) is 0 Å². The predicted molar refractivity (Wildman–Crippen MR) is 90.5 cm³/mol. The van der Waals surface area contributed by atoms with Crippen molar-refractivity contribution in [1.82, 2.24) is 10.0 Å². The van der Waals surface area contributed by atoms with E-state index in [1.165, 1.54) is 12.1 Å². The van der Waals surface area contributed by atoms with Crippen LogP contribution >= 0.6 is 0 Å². The highest BCUT2D eigenvalue weighted by Crippen LogP contribution is 2.16. The SMILES string of the molecule is CC(C)[C@H](NS(=O)(=O)c1ccccc1F)C(=O)NC1CCS(=O)(=O)C1. The molecule has 1 saturated heterocycles. The van der Waals surface area contributed by atoms with Gasteiger partial charge in [-0.15, -0.1) is 0 Å². The molecule has 1 aromatic rings. The maximum absolute atomic E-state index is 13.8. The number of hydrogen-bond donors (Lipinski definition) is 2. The van der Waals surface area contributed by atoms with E-state index in [9.17, 15) is 26.0 Å². The molecule has 1 aliphatic rings. The van der Waals surface area contributed by atoms with E-state index in [1.54, 1.807) is 13.8 Å². The number of nitrogens with one attached hydrogen (secondary N) is 2. The van der Waals surface area contributed by atoms with Crippen LogP contribution in [0.4, 0.5) is 4.39 Å². The zero-order valence-corrected chi connectivity index (χ0v) is 15.5. The maximum atomic E-state index is 13.8. The van der Waals surface area contributed by atoms with Gasteiger partial charge in [-0.05, 0) is 24.5 Å². The van der Waals surface area contributed by atoms with E-state index < -0.39 is 54.5 Å². The van der Waals surface area contributed by atoms with Crippen LogP contribution in [0.3, 0.4) is 0 Å². The van der Waals surface area contributed by atoms with Gasteiger partial charge < -0.3 is 5.32 Å². The third-order valence-electron chi connectivity index (χ3n) is 3.94. The monoisotopic (exact) mass is 392 g/mol. The van der Waals surface area contributed by atoms with Gasteiger partial charge in [0.05, 0.1) is 11.5 Å². The van der Waals surface area contributed by atoms with Crippen molar-refractivity contribution in [2.24, 2.45) is 5.92 Å². The summed E-state index contributed by atoms with van der Waals surface area (Å²) >= 11 is 0. The van der Waals surface area contributed by atoms with Gasteiger partial charge in [0, 0.05) is 6.04 Å². The fourth-order valence-corrected chi connectivity index (χ4v) is 5.68. The summed E-state index contributed by atoms with van der Waals surface area (Å²) in [6, 6.07) is 3.18. The van der Waals surface area contributed by atoms with Crippen LogP contribution in [0.1, 0.15) is 20.3 Å². The molecule has 2 rings (SSSR count). The highest BCUT2D eigenvalue weighted by Gasteiger charge is 2.34. The summed E-state index contributed by atoms with van der Waals surface area (Å²) in [5.74, 6) is -2.13. The molecule has 0 aliphatic carbocycles. The van der Waals surface area contributed by atoms with Crippen LogP contribution < -0.4 is 10.0 Å². The molecule has 1 unspecified atom stereocenters. The molecule has 25 heavy (non-hydrogen) atoms. The van der Waals surface area contributed by atoms with Gasteiger partial charge in [-0.2, -0.15) is 4.72 Å². The van der Waals surface area contributed by atoms with Crippen molar-refractivity contribution in [3.8, 4) is 0 Å². The van der Waals surface area contributed by atoms with Gasteiger partial charge in [0.2, 0.25) is 15.9 Å². The number of benzene rings is 1. The molecule has 1 heterocycles. The number of carbonyl (C=O) groups is 1. The van der Waals surface area contributed by atoms with E-state index in [0.717, 1.165) is 12.1 Å². The first kappa shape index (κ1) is 19.8. The Morgan fingerprint density at radius 2 is 1.92 bits per heavy atom. The first-order valence-electron chi connectivity index (χ1n) is 7.79. The Kier molecular flexibility index (Phi) is 5.85. The zero-order chi connectivity index (χ0) is 18.8. The molecular weight excluding hydrogens is 371 g/mol. The summed E-state index contributed by atoms with van der Waals surface area (Å²) in [4.78, 5) is 11.9. The van der Waals surface area contributed by atoms with Crippen molar-refractivity contribution >= 4 is 25.8 Å². The summed E-state index contributed by atoms with van der Waals surface area (Å²) in [5.41, 5.74) is 0. The topological polar surface area (TPSA) is 109 Å². The summed E-state index contributed by atoms with van der Waals surface area (Å²) in [6.45, 7) is 3.28. The standard InChI is InChI=1S/C15H21FN2O5S2/c1-10(2)14(15(19)17-11-7-8-24(20,21)9-11)18-25(22,23)13-6-4-3-5-12(13)16/h3-6,10-11,14,18H,7-9H2,1-2H3,(H,17,19)/t11?,14-/m0/s1. The quantitative estimate of drug-likeness (QED) is 0.730. The predicted octanol–water partition coefficient (Wildman–Crippen LogP) is 0.432. The largest absolute Gasteiger partial charge is 0.351 e. The Bertz CT molecular complexity index is 852. The molecule has 0 aromatic heterocycles. The van der Waals surface area contributed by atoms with E-state index in [0.29, 0.717) is 6.42 Å². The lowest BCUT2D eigenvalue weighted by Gasteiger charge is -2.23. The Hall–Kier alpha value is -1.52. The highest BCUT2D eigenvalue weighted by atomic mass is 32.2. The second-order valence-electron chi connectivity index (χ2n) is 6.38. The van der Waals surface area contributed by atoms with Gasteiger partial charge in [0.15, 0.2) is 9.84 Å². The van der Waals surface area contributed by atoms with Crippen molar-refractivity contribution in [2.45, 2.75) is 37.2 Å². The molecule has 1 aromatic carbocycles. The molecule has 0 spiro atoms. The van der Waals surface area contributed by atoms with Gasteiger partial charge in [-0.25, -0.2) is 21.2 Å². The number of rotatable bonds is 6. The summed E-state index contributed by atoms with van der Waals surface area (Å²) in [6.07, 6.45) is 0.291. The average Bonchev–Trinajstić information content (AvgIpc) is 2.83. The molecule has 10 heteroatoms. The Labute approximate surface area is 147 Å². The third-order valence-corrected chi connectivity index (χ3v) is 7.18. The molecule has 0 saturated carbocycles. The lowest BCUT2D eigenvalue weighted by Crippen LogP contribution is -2.52. The first-order valence-corrected chi connectivity index (χ1v) is 11.1. The molecule has 0 bridgehead atoms. The minimum atomic E-state index is -4.24. The van der Waals surface area contributed by atoms with Crippen LogP contribution in [0.2, 0.25) is 0 Å². The van der Waals surface area contributed by atoms with E-state index in [4.69, 9.17) is 0 Å². The van der Waals surface area contributed by atoms with Crippen molar-refractivity contribution in [1.29, 1.82) is 0 Å². The second-order valence-corrected chi connectivity index (χ2v) is 10.3. The third kappa shape index (κ3) is 4.99. The van der Waals surface area contributed by atoms with Crippen molar-refractivity contribution in [3.05, 3.63) is 30.1 Å². The normalized spacial score (nSPS) is 21.2. The minimum Gasteiger partial charge on any atom is -0.351 e. The van der Waals surface area contributed by atoms with E-state index >= 15 is 0 Å². The van der Waals surface area contributed by atoms with Gasteiger partial charge in [0.1, 0.15) is 16.8 Å². The fraction of sp³-hybridized carbons (Fsp3) is 0.533. The van der Waals surface area contributed by atoms with Crippen LogP contribution in [0.25, 0.3) is 0 Å². The van der Waals surface area contributed by atoms with Crippen LogP contribution in [0.15, 0.2) is 29.2 Å². The van der Waals surface area contributed by atoms with Crippen LogP contribution in [-0.2, 0) is 24.7 Å². The lowest BCUT2D eigenvalue weighted by molar-refractivity contribution is -0.124. The average molecular weight is 392 g/mol. The van der Waals surface area contributed by atoms with Gasteiger partial charge in [0.25, 0.3) is 0 Å². The maximum Gasteiger partial charge on any atom is 0.244 e. The Morgan fingerprint density at radius 3 is 2.44 bits per heavy atom. The number of carbonyl (C=O) groups excluding carboxylic acids is 1. The van der Waals surface area contributed by atoms with Crippen LogP contribution in [0.5, 0.6) is 0 Å². The number of amides is 1. The summed E-state index contributed by atoms with van der Waals surface area (Å²) in [7, 11) is -7.41. The summed E-state index contributed by atoms with van der Waals surface area (Å²) < 4.78 is 63.7. The van der Waals surface area contributed by atoms with Gasteiger partial charge in [-0.1, -0.05) is 26.0 Å². The second kappa shape index (κ2) is 7.38. The molecule has 2 N–H and O–H groups in total. The summed E-state index contributed by atoms with van der Waals surface area (Å²) in [5, 5.41) is 2.57. The molecule has 2 atom stereocenters. The van der Waals surface area contributed by atoms with Gasteiger partial charge in [-0.3, -0.25) is 4.79 Å².